The van der Waals surface area contributed by atoms with Crippen molar-refractivity contribution in [3.8, 4) is 0 Å². The highest BCUT2D eigenvalue weighted by Crippen LogP contribution is 2.33. The lowest BCUT2D eigenvalue weighted by molar-refractivity contribution is -0.119. The predicted molar refractivity (Wildman–Crippen MR) is 102 cm³/mol. The summed E-state index contributed by atoms with van der Waals surface area (Å²) in [7, 11) is -3.70. The van der Waals surface area contributed by atoms with Crippen LogP contribution in [0.25, 0.3) is 0 Å². The van der Waals surface area contributed by atoms with Crippen molar-refractivity contribution in [3.05, 3.63) is 64.1 Å². The molecule has 0 spiro atoms. The van der Waals surface area contributed by atoms with Crippen LogP contribution in [0, 0.1) is 0 Å². The number of hydrogen-bond donors (Lipinski definition) is 1. The molecule has 0 fully saturated rings. The van der Waals surface area contributed by atoms with Crippen molar-refractivity contribution in [2.24, 2.45) is 0 Å². The van der Waals surface area contributed by atoms with Gasteiger partial charge in [-0.15, -0.1) is 0 Å². The zero-order valence-corrected chi connectivity index (χ0v) is 15.9. The first-order valence-electron chi connectivity index (χ1n) is 7.51. The van der Waals surface area contributed by atoms with Gasteiger partial charge in [0.1, 0.15) is 6.54 Å². The van der Waals surface area contributed by atoms with Crippen molar-refractivity contribution in [1.29, 1.82) is 0 Å². The Balaban J connectivity index is 2.05. The van der Waals surface area contributed by atoms with Crippen LogP contribution in [-0.4, -0.2) is 33.7 Å². The summed E-state index contributed by atoms with van der Waals surface area (Å²) in [5.41, 5.74) is 1.26. The molecule has 1 amide bonds. The van der Waals surface area contributed by atoms with Crippen LogP contribution >= 0.6 is 23.2 Å². The molecule has 5 nitrogen and oxygen atoms in total. The fourth-order valence-electron chi connectivity index (χ4n) is 2.24. The molecule has 0 aliphatic rings. The van der Waals surface area contributed by atoms with Crippen molar-refractivity contribution < 1.29 is 13.2 Å². The van der Waals surface area contributed by atoms with Crippen molar-refractivity contribution in [2.75, 3.05) is 23.7 Å². The number of halogens is 2. The van der Waals surface area contributed by atoms with Gasteiger partial charge in [0.15, 0.2) is 0 Å². The van der Waals surface area contributed by atoms with Crippen molar-refractivity contribution >= 4 is 44.8 Å². The average Bonchev–Trinajstić information content (AvgIpc) is 2.55. The Bertz CT molecular complexity index is 842. The first kappa shape index (κ1) is 19.6. The van der Waals surface area contributed by atoms with Crippen LogP contribution in [0.5, 0.6) is 0 Å². The second-order valence-corrected chi connectivity index (χ2v) is 8.12. The molecule has 0 saturated carbocycles. The maximum Gasteiger partial charge on any atom is 0.240 e. The molecule has 2 rings (SSSR count). The number of carbonyl (C=O) groups is 1. The smallest absolute Gasteiger partial charge is 0.240 e. The molecule has 0 unspecified atom stereocenters. The summed E-state index contributed by atoms with van der Waals surface area (Å²) in [4.78, 5) is 12.2. The molecular formula is C17H18Cl2N2O3S. The summed E-state index contributed by atoms with van der Waals surface area (Å²) in [6, 6.07) is 14.3. The molecule has 0 heterocycles. The third-order valence-electron chi connectivity index (χ3n) is 3.47. The van der Waals surface area contributed by atoms with Gasteiger partial charge in [-0.05, 0) is 24.1 Å². The van der Waals surface area contributed by atoms with Gasteiger partial charge in [-0.1, -0.05) is 59.6 Å². The number of nitrogens with zero attached hydrogens (tertiary/aromatic N) is 1. The second-order valence-electron chi connectivity index (χ2n) is 5.43. The standard InChI is InChI=1S/C17H18Cl2N2O3S/c1-25(23,24)21(15-9-5-8-14(18)17(15)19)12-16(22)20-11-10-13-6-3-2-4-7-13/h2-9H,10-12H2,1H3,(H,20,22). The lowest BCUT2D eigenvalue weighted by Crippen LogP contribution is -2.41. The van der Waals surface area contributed by atoms with E-state index in [1.165, 1.54) is 6.07 Å². The number of carbonyl (C=O) groups excluding carboxylic acids is 1. The number of nitrogens with one attached hydrogen (secondary N) is 1. The van der Waals surface area contributed by atoms with Crippen LogP contribution < -0.4 is 9.62 Å². The lowest BCUT2D eigenvalue weighted by atomic mass is 10.1. The van der Waals surface area contributed by atoms with Gasteiger partial charge >= 0.3 is 0 Å². The Hall–Kier alpha value is -1.76. The zero-order valence-electron chi connectivity index (χ0n) is 13.6. The summed E-state index contributed by atoms with van der Waals surface area (Å²) in [6.07, 6.45) is 1.67. The highest BCUT2D eigenvalue weighted by molar-refractivity contribution is 7.92. The van der Waals surface area contributed by atoms with Crippen LogP contribution in [0.15, 0.2) is 48.5 Å². The lowest BCUT2D eigenvalue weighted by Gasteiger charge is -2.23. The predicted octanol–water partition coefficient (Wildman–Crippen LogP) is 3.12. The van der Waals surface area contributed by atoms with E-state index in [0.29, 0.717) is 13.0 Å². The van der Waals surface area contributed by atoms with E-state index in [1.54, 1.807) is 12.1 Å². The van der Waals surface area contributed by atoms with Crippen LogP contribution in [0.1, 0.15) is 5.56 Å². The van der Waals surface area contributed by atoms with Gasteiger partial charge < -0.3 is 5.32 Å². The maximum atomic E-state index is 12.2. The zero-order chi connectivity index (χ0) is 18.4. The quantitative estimate of drug-likeness (QED) is 0.775. The number of rotatable bonds is 7. The van der Waals surface area contributed by atoms with E-state index >= 15 is 0 Å². The van der Waals surface area contributed by atoms with Crippen LogP contribution in [0.4, 0.5) is 5.69 Å². The summed E-state index contributed by atoms with van der Waals surface area (Å²) in [5.74, 6) is -0.419. The molecule has 0 saturated heterocycles. The topological polar surface area (TPSA) is 66.5 Å². The Morgan fingerprint density at radius 2 is 1.76 bits per heavy atom. The summed E-state index contributed by atoms with van der Waals surface area (Å²) < 4.78 is 25.1. The van der Waals surface area contributed by atoms with Gasteiger partial charge in [0.2, 0.25) is 15.9 Å². The normalized spacial score (nSPS) is 11.2. The molecule has 0 aliphatic carbocycles. The molecule has 8 heteroatoms. The molecular weight excluding hydrogens is 383 g/mol. The largest absolute Gasteiger partial charge is 0.354 e. The molecule has 0 atom stereocenters. The summed E-state index contributed by atoms with van der Waals surface area (Å²) in [6.45, 7) is 0.0391. The van der Waals surface area contributed by atoms with E-state index in [9.17, 15) is 13.2 Å². The molecule has 0 radical (unpaired) electrons. The minimum absolute atomic E-state index is 0.0895. The monoisotopic (exact) mass is 400 g/mol. The maximum absolute atomic E-state index is 12.2. The number of sulfonamides is 1. The minimum Gasteiger partial charge on any atom is -0.354 e. The second kappa shape index (κ2) is 8.56. The van der Waals surface area contributed by atoms with E-state index in [0.717, 1.165) is 16.1 Å². The summed E-state index contributed by atoms with van der Waals surface area (Å²) >= 11 is 12.0. The van der Waals surface area contributed by atoms with Crippen molar-refractivity contribution in [2.45, 2.75) is 6.42 Å². The van der Waals surface area contributed by atoms with E-state index in [1.807, 2.05) is 30.3 Å². The molecule has 2 aromatic carbocycles. The molecule has 2 aromatic rings. The fourth-order valence-corrected chi connectivity index (χ4v) is 3.55. The highest BCUT2D eigenvalue weighted by atomic mass is 35.5. The fraction of sp³-hybridized carbons (Fsp3) is 0.235. The van der Waals surface area contributed by atoms with Gasteiger partial charge in [-0.3, -0.25) is 9.10 Å². The Morgan fingerprint density at radius 3 is 2.40 bits per heavy atom. The summed E-state index contributed by atoms with van der Waals surface area (Å²) in [5, 5.41) is 3.03. The van der Waals surface area contributed by atoms with Gasteiger partial charge in [0, 0.05) is 6.54 Å². The Kier molecular flexibility index (Phi) is 6.70. The molecule has 0 aliphatic heterocycles. The van der Waals surface area contributed by atoms with Gasteiger partial charge in [-0.2, -0.15) is 0 Å². The molecule has 0 bridgehead atoms. The number of anilines is 1. The molecule has 0 aromatic heterocycles. The van der Waals surface area contributed by atoms with E-state index in [2.05, 4.69) is 5.32 Å². The number of hydrogen-bond acceptors (Lipinski definition) is 3. The van der Waals surface area contributed by atoms with Gasteiger partial charge in [0.25, 0.3) is 0 Å². The third-order valence-corrected chi connectivity index (χ3v) is 5.40. The van der Waals surface area contributed by atoms with Crippen LogP contribution in [-0.2, 0) is 21.2 Å². The first-order chi connectivity index (χ1) is 11.8. The third kappa shape index (κ3) is 5.63. The van der Waals surface area contributed by atoms with Gasteiger partial charge in [0.05, 0.1) is 22.0 Å². The molecule has 1 N–H and O–H groups in total. The average molecular weight is 401 g/mol. The number of benzene rings is 2. The first-order valence-corrected chi connectivity index (χ1v) is 10.1. The molecule has 25 heavy (non-hydrogen) atoms. The van der Waals surface area contributed by atoms with Crippen molar-refractivity contribution in [3.63, 3.8) is 0 Å². The van der Waals surface area contributed by atoms with Crippen LogP contribution in [0.3, 0.4) is 0 Å². The number of amides is 1. The SMILES string of the molecule is CS(=O)(=O)N(CC(=O)NCCc1ccccc1)c1cccc(Cl)c1Cl. The Labute approximate surface area is 157 Å². The van der Waals surface area contributed by atoms with E-state index in [4.69, 9.17) is 23.2 Å². The molecule has 134 valence electrons. The van der Waals surface area contributed by atoms with Crippen LogP contribution in [0.2, 0.25) is 10.0 Å². The minimum atomic E-state index is -3.70. The van der Waals surface area contributed by atoms with Crippen molar-refractivity contribution in [1.82, 2.24) is 5.32 Å². The van der Waals surface area contributed by atoms with Gasteiger partial charge in [-0.25, -0.2) is 8.42 Å². The van der Waals surface area contributed by atoms with E-state index < -0.39 is 15.9 Å². The Morgan fingerprint density at radius 1 is 1.08 bits per heavy atom. The van der Waals surface area contributed by atoms with E-state index in [-0.39, 0.29) is 22.3 Å². The highest BCUT2D eigenvalue weighted by Gasteiger charge is 2.23.